The summed E-state index contributed by atoms with van der Waals surface area (Å²) in [4.78, 5) is 0. The highest BCUT2D eigenvalue weighted by atomic mass is 32.5. The van der Waals surface area contributed by atoms with E-state index in [4.69, 9.17) is 50.8 Å². The van der Waals surface area contributed by atoms with Crippen molar-refractivity contribution in [2.75, 3.05) is 26.4 Å². The molecule has 0 saturated carbocycles. The first-order chi connectivity index (χ1) is 15.3. The van der Waals surface area contributed by atoms with Gasteiger partial charge in [0.1, 0.15) is 11.5 Å². The molecule has 0 unspecified atom stereocenters. The molecule has 2 aromatic rings. The van der Waals surface area contributed by atoms with E-state index in [-0.39, 0.29) is 0 Å². The molecule has 0 spiro atoms. The van der Waals surface area contributed by atoms with Gasteiger partial charge in [0.15, 0.2) is 0 Å². The fourth-order valence-electron chi connectivity index (χ4n) is 2.33. The molecule has 0 bridgehead atoms. The van der Waals surface area contributed by atoms with Crippen LogP contribution in [0.15, 0.2) is 58.8 Å². The number of hydrogen-bond acceptors (Lipinski definition) is 10. The van der Waals surface area contributed by atoms with Gasteiger partial charge < -0.3 is 9.05 Å². The topological polar surface area (TPSA) is 80.1 Å². The summed E-state index contributed by atoms with van der Waals surface area (Å²) in [5.74, 6) is 1.10. The number of hydrogen-bond donors (Lipinski definition) is 0. The van der Waals surface area contributed by atoms with Gasteiger partial charge in [-0.05, 0) is 76.2 Å². The molecule has 0 radical (unpaired) electrons. The Morgan fingerprint density at radius 2 is 0.844 bits per heavy atom. The molecule has 0 aliphatic carbocycles. The van der Waals surface area contributed by atoms with Crippen molar-refractivity contribution in [2.24, 2.45) is 10.2 Å². The third kappa shape index (κ3) is 8.96. The predicted molar refractivity (Wildman–Crippen MR) is 133 cm³/mol. The van der Waals surface area contributed by atoms with Crippen molar-refractivity contribution in [1.29, 1.82) is 0 Å². The van der Waals surface area contributed by atoms with Crippen LogP contribution in [0.4, 0.5) is 11.4 Å². The second-order valence-corrected chi connectivity index (χ2v) is 11.8. The lowest BCUT2D eigenvalue weighted by Gasteiger charge is -2.21. The molecule has 0 aliphatic rings. The Labute approximate surface area is 199 Å². The molecule has 176 valence electrons. The van der Waals surface area contributed by atoms with E-state index in [1.54, 1.807) is 48.5 Å². The Morgan fingerprint density at radius 1 is 0.562 bits per heavy atom. The first-order valence-corrected chi connectivity index (χ1v) is 15.3. The molecule has 8 nitrogen and oxygen atoms in total. The average molecular weight is 519 g/mol. The van der Waals surface area contributed by atoms with Crippen LogP contribution in [0.5, 0.6) is 11.5 Å². The standard InChI is InChI=1S/C20H28N2O6P2S2/c1-5-23-29(31,24-6-2)27-19-13-9-17(10-14-19)21-22-18-11-15-20(16-12-18)28-30(32,25-7-3)26-8-4/h9-16H,5-8H2,1-4H3. The third-order valence-electron chi connectivity index (χ3n) is 3.54. The minimum absolute atomic E-state index is 0.417. The largest absolute Gasteiger partial charge is 0.424 e. The molecule has 32 heavy (non-hydrogen) atoms. The Kier molecular flexibility index (Phi) is 11.4. The summed E-state index contributed by atoms with van der Waals surface area (Å²) in [6.07, 6.45) is 0. The Bertz CT molecular complexity index is 860. The highest BCUT2D eigenvalue weighted by molar-refractivity contribution is 8.08. The minimum Gasteiger partial charge on any atom is -0.424 e. The minimum atomic E-state index is -2.80. The lowest BCUT2D eigenvalue weighted by Crippen LogP contribution is -2.01. The highest BCUT2D eigenvalue weighted by Crippen LogP contribution is 2.50. The highest BCUT2D eigenvalue weighted by Gasteiger charge is 2.22. The van der Waals surface area contributed by atoms with Gasteiger partial charge in [0, 0.05) is 23.6 Å². The third-order valence-corrected chi connectivity index (χ3v) is 8.42. The summed E-state index contributed by atoms with van der Waals surface area (Å²) >= 11 is 10.7. The zero-order valence-corrected chi connectivity index (χ0v) is 21.9. The van der Waals surface area contributed by atoms with Gasteiger partial charge in [-0.1, -0.05) is 0 Å². The molecule has 0 N–H and O–H groups in total. The van der Waals surface area contributed by atoms with Crippen molar-refractivity contribution in [2.45, 2.75) is 27.7 Å². The Hall–Kier alpha value is -1.22. The zero-order chi connectivity index (χ0) is 23.5. The Balaban J connectivity index is 2.01. The van der Waals surface area contributed by atoms with Crippen molar-refractivity contribution < 1.29 is 27.1 Å². The second-order valence-electron chi connectivity index (χ2n) is 5.94. The van der Waals surface area contributed by atoms with E-state index in [2.05, 4.69) is 10.2 Å². The van der Waals surface area contributed by atoms with Crippen molar-refractivity contribution in [3.05, 3.63) is 48.5 Å². The summed E-state index contributed by atoms with van der Waals surface area (Å²) in [6, 6.07) is 14.1. The van der Waals surface area contributed by atoms with E-state index in [1.165, 1.54) is 0 Å². The van der Waals surface area contributed by atoms with Gasteiger partial charge in [-0.15, -0.1) is 0 Å². The van der Waals surface area contributed by atoms with E-state index in [0.29, 0.717) is 49.3 Å². The summed E-state index contributed by atoms with van der Waals surface area (Å²) in [5, 5.41) is 8.47. The Morgan fingerprint density at radius 3 is 1.09 bits per heavy atom. The normalized spacial score (nSPS) is 12.2. The number of nitrogens with zero attached hydrogens (tertiary/aromatic N) is 2. The van der Waals surface area contributed by atoms with Crippen LogP contribution < -0.4 is 9.05 Å². The summed E-state index contributed by atoms with van der Waals surface area (Å²) in [6.45, 7) is 3.44. The second kappa shape index (κ2) is 13.5. The van der Waals surface area contributed by atoms with Crippen molar-refractivity contribution in [3.63, 3.8) is 0 Å². The van der Waals surface area contributed by atoms with Crippen LogP contribution in [0.1, 0.15) is 27.7 Å². The van der Waals surface area contributed by atoms with E-state index in [1.807, 2.05) is 27.7 Å². The molecule has 0 aliphatic heterocycles. The molecule has 2 rings (SSSR count). The van der Waals surface area contributed by atoms with Gasteiger partial charge >= 0.3 is 13.4 Å². The van der Waals surface area contributed by atoms with E-state index >= 15 is 0 Å². The van der Waals surface area contributed by atoms with E-state index in [0.717, 1.165) is 0 Å². The molecular formula is C20H28N2O6P2S2. The van der Waals surface area contributed by atoms with Gasteiger partial charge in [-0.2, -0.15) is 10.2 Å². The molecule has 0 fully saturated rings. The van der Waals surface area contributed by atoms with Crippen LogP contribution in [0, 0.1) is 0 Å². The van der Waals surface area contributed by atoms with Crippen molar-refractivity contribution >= 4 is 48.4 Å². The van der Waals surface area contributed by atoms with Crippen LogP contribution in [-0.4, -0.2) is 26.4 Å². The quantitative estimate of drug-likeness (QED) is 0.188. The van der Waals surface area contributed by atoms with E-state index in [9.17, 15) is 0 Å². The monoisotopic (exact) mass is 518 g/mol. The molecule has 0 amide bonds. The van der Waals surface area contributed by atoms with Gasteiger partial charge in [-0.3, -0.25) is 18.1 Å². The van der Waals surface area contributed by atoms with Crippen LogP contribution >= 0.6 is 13.4 Å². The SMILES string of the molecule is CCOP(=S)(OCC)Oc1ccc(N=Nc2ccc(OP(=S)(OCC)OCC)cc2)cc1. The van der Waals surface area contributed by atoms with E-state index < -0.39 is 13.4 Å². The van der Waals surface area contributed by atoms with Gasteiger partial charge in [0.05, 0.1) is 37.8 Å². The maximum absolute atomic E-state index is 5.76. The maximum atomic E-state index is 5.76. The maximum Gasteiger partial charge on any atom is 0.380 e. The molecule has 2 aromatic carbocycles. The lowest BCUT2D eigenvalue weighted by atomic mass is 10.3. The molecule has 0 heterocycles. The van der Waals surface area contributed by atoms with Crippen LogP contribution in [-0.2, 0) is 41.7 Å². The van der Waals surface area contributed by atoms with Crippen molar-refractivity contribution in [1.82, 2.24) is 0 Å². The molecule has 0 aromatic heterocycles. The van der Waals surface area contributed by atoms with Crippen LogP contribution in [0.2, 0.25) is 0 Å². The zero-order valence-electron chi connectivity index (χ0n) is 18.5. The molecule has 0 atom stereocenters. The fourth-order valence-corrected chi connectivity index (χ4v) is 6.50. The summed E-state index contributed by atoms with van der Waals surface area (Å²) in [5.41, 5.74) is 1.31. The molecule has 0 saturated heterocycles. The van der Waals surface area contributed by atoms with Gasteiger partial charge in [-0.25, -0.2) is 0 Å². The number of azo groups is 1. The van der Waals surface area contributed by atoms with Crippen molar-refractivity contribution in [3.8, 4) is 11.5 Å². The molecular weight excluding hydrogens is 490 g/mol. The van der Waals surface area contributed by atoms with Gasteiger partial charge in [0.2, 0.25) is 0 Å². The summed E-state index contributed by atoms with van der Waals surface area (Å²) in [7, 11) is 0. The molecule has 12 heteroatoms. The lowest BCUT2D eigenvalue weighted by molar-refractivity contribution is 0.217. The van der Waals surface area contributed by atoms with Gasteiger partial charge in [0.25, 0.3) is 0 Å². The van der Waals surface area contributed by atoms with Crippen LogP contribution in [0.3, 0.4) is 0 Å². The number of benzene rings is 2. The summed E-state index contributed by atoms with van der Waals surface area (Å²) < 4.78 is 33.5. The fraction of sp³-hybridized carbons (Fsp3) is 0.400. The average Bonchev–Trinajstić information content (AvgIpc) is 2.75. The number of rotatable bonds is 14. The van der Waals surface area contributed by atoms with Crippen LogP contribution in [0.25, 0.3) is 0 Å². The smallest absolute Gasteiger partial charge is 0.380 e. The first kappa shape index (κ1) is 27.0. The predicted octanol–water partition coefficient (Wildman–Crippen LogP) is 7.45. The first-order valence-electron chi connectivity index (χ1n) is 10.1.